The number of nitrogens with one attached hydrogen (secondary N) is 1. The van der Waals surface area contributed by atoms with Gasteiger partial charge in [0.05, 0.1) is 16.7 Å². The summed E-state index contributed by atoms with van der Waals surface area (Å²) < 4.78 is 5.58. The Hall–Kier alpha value is -1.60. The molecule has 0 aliphatic carbocycles. The highest BCUT2D eigenvalue weighted by Crippen LogP contribution is 2.34. The molecule has 2 unspecified atom stereocenters. The molecule has 1 saturated heterocycles. The van der Waals surface area contributed by atoms with Gasteiger partial charge in [0.1, 0.15) is 0 Å². The number of hydrogen-bond acceptors (Lipinski definition) is 4. The predicted molar refractivity (Wildman–Crippen MR) is 101 cm³/mol. The Morgan fingerprint density at radius 3 is 2.42 bits per heavy atom. The fraction of sp³-hybridized carbons (Fsp3) is 0.444. The van der Waals surface area contributed by atoms with Crippen LogP contribution in [0.5, 0.6) is 0 Å². The maximum absolute atomic E-state index is 9.55. The minimum Gasteiger partial charge on any atom is -0.478 e. The first-order chi connectivity index (χ1) is 12.3. The number of benzene rings is 1. The van der Waals surface area contributed by atoms with Crippen molar-refractivity contribution in [3.8, 4) is 0 Å². The smallest absolute Gasteiger partial charge is 0.328 e. The first-order valence-corrected chi connectivity index (χ1v) is 8.98. The molecule has 0 saturated carbocycles. The molecular formula is C18H23Cl2NO5. The highest BCUT2D eigenvalue weighted by molar-refractivity contribution is 6.42. The maximum Gasteiger partial charge on any atom is 0.328 e. The Kier molecular flexibility index (Phi) is 10.3. The van der Waals surface area contributed by atoms with Gasteiger partial charge in [-0.3, -0.25) is 0 Å². The average molecular weight is 404 g/mol. The van der Waals surface area contributed by atoms with Crippen LogP contribution in [0.25, 0.3) is 0 Å². The lowest BCUT2D eigenvalue weighted by Gasteiger charge is -2.32. The van der Waals surface area contributed by atoms with Crippen LogP contribution in [0.2, 0.25) is 10.0 Å². The first-order valence-electron chi connectivity index (χ1n) is 8.22. The van der Waals surface area contributed by atoms with Crippen molar-refractivity contribution in [3.05, 3.63) is 46.0 Å². The minimum atomic E-state index is -1.26. The van der Waals surface area contributed by atoms with Crippen molar-refractivity contribution in [1.82, 2.24) is 5.32 Å². The topological polar surface area (TPSA) is 95.9 Å². The average Bonchev–Trinajstić information content (AvgIpc) is 2.61. The summed E-state index contributed by atoms with van der Waals surface area (Å²) in [4.78, 5) is 19.1. The van der Waals surface area contributed by atoms with E-state index in [-0.39, 0.29) is 0 Å². The molecule has 0 aromatic heterocycles. The quantitative estimate of drug-likeness (QED) is 0.629. The van der Waals surface area contributed by atoms with Crippen molar-refractivity contribution in [2.24, 2.45) is 5.92 Å². The number of piperidine rings is 1. The molecule has 1 aliphatic heterocycles. The third kappa shape index (κ3) is 8.19. The van der Waals surface area contributed by atoms with Crippen LogP contribution in [0, 0.1) is 5.92 Å². The lowest BCUT2D eigenvalue weighted by Crippen LogP contribution is -2.37. The number of carboxylic acid groups (broad SMARTS) is 2. The summed E-state index contributed by atoms with van der Waals surface area (Å²) in [6, 6.07) is 5.97. The Morgan fingerprint density at radius 2 is 1.88 bits per heavy atom. The second-order valence-corrected chi connectivity index (χ2v) is 6.52. The van der Waals surface area contributed by atoms with Gasteiger partial charge in [-0.25, -0.2) is 9.59 Å². The molecule has 8 heteroatoms. The summed E-state index contributed by atoms with van der Waals surface area (Å²) in [5.41, 5.74) is 1.27. The maximum atomic E-state index is 9.55. The number of aliphatic carboxylic acids is 2. The van der Waals surface area contributed by atoms with Crippen molar-refractivity contribution in [2.45, 2.75) is 19.3 Å². The summed E-state index contributed by atoms with van der Waals surface area (Å²) in [7, 11) is 0. The lowest BCUT2D eigenvalue weighted by molar-refractivity contribution is -0.134. The molecule has 0 spiro atoms. The summed E-state index contributed by atoms with van der Waals surface area (Å²) >= 11 is 12.1. The molecule has 6 nitrogen and oxygen atoms in total. The third-order valence-electron chi connectivity index (χ3n) is 3.88. The van der Waals surface area contributed by atoms with E-state index in [0.717, 1.165) is 32.7 Å². The number of ether oxygens (including phenoxy) is 1. The third-order valence-corrected chi connectivity index (χ3v) is 4.62. The van der Waals surface area contributed by atoms with Gasteiger partial charge in [0.15, 0.2) is 0 Å². The van der Waals surface area contributed by atoms with E-state index in [9.17, 15) is 9.59 Å². The molecule has 1 aromatic rings. The van der Waals surface area contributed by atoms with Gasteiger partial charge in [0.2, 0.25) is 0 Å². The van der Waals surface area contributed by atoms with Crippen LogP contribution in [-0.2, 0) is 14.3 Å². The second kappa shape index (κ2) is 11.9. The van der Waals surface area contributed by atoms with E-state index in [1.807, 2.05) is 19.1 Å². The van der Waals surface area contributed by atoms with Crippen molar-refractivity contribution >= 4 is 35.1 Å². The van der Waals surface area contributed by atoms with E-state index in [1.165, 1.54) is 5.56 Å². The molecule has 0 radical (unpaired) electrons. The molecule has 1 fully saturated rings. The zero-order valence-electron chi connectivity index (χ0n) is 14.5. The summed E-state index contributed by atoms with van der Waals surface area (Å²) in [5.74, 6) is -1.50. The Balaban J connectivity index is 0.000000359. The van der Waals surface area contributed by atoms with Crippen molar-refractivity contribution < 1.29 is 24.5 Å². The monoisotopic (exact) mass is 403 g/mol. The molecule has 144 valence electrons. The molecule has 3 N–H and O–H groups in total. The van der Waals surface area contributed by atoms with Crippen LogP contribution in [0.1, 0.15) is 24.8 Å². The van der Waals surface area contributed by atoms with Crippen LogP contribution in [0.3, 0.4) is 0 Å². The molecule has 2 rings (SSSR count). The second-order valence-electron chi connectivity index (χ2n) is 5.70. The fourth-order valence-electron chi connectivity index (χ4n) is 2.69. The van der Waals surface area contributed by atoms with E-state index >= 15 is 0 Å². The zero-order chi connectivity index (χ0) is 19.5. The van der Waals surface area contributed by atoms with Crippen LogP contribution in [0.15, 0.2) is 30.4 Å². The molecule has 0 bridgehead atoms. The Bertz CT molecular complexity index is 620. The van der Waals surface area contributed by atoms with Crippen LogP contribution in [-0.4, -0.2) is 48.5 Å². The van der Waals surface area contributed by atoms with Gasteiger partial charge < -0.3 is 20.3 Å². The van der Waals surface area contributed by atoms with Gasteiger partial charge >= 0.3 is 11.9 Å². The largest absolute Gasteiger partial charge is 0.478 e. The molecule has 1 aromatic carbocycles. The minimum absolute atomic E-state index is 0.507. The normalized spacial score (nSPS) is 19.7. The van der Waals surface area contributed by atoms with Crippen molar-refractivity contribution in [2.75, 3.05) is 26.3 Å². The van der Waals surface area contributed by atoms with Gasteiger partial charge in [-0.1, -0.05) is 29.3 Å². The standard InChI is InChI=1S/C14H19Cl2NO.C4H4O4/c1-2-18-9-11-8-17-6-5-12(11)10-3-4-13(15)14(16)7-10;5-3(6)1-2-4(7)8/h3-4,7,11-12,17H,2,5-6,8-9H2,1H3;1-2H,(H,5,6)(H,7,8). The number of rotatable bonds is 6. The highest BCUT2D eigenvalue weighted by Gasteiger charge is 2.26. The van der Waals surface area contributed by atoms with Gasteiger partial charge in [0, 0.05) is 31.2 Å². The fourth-order valence-corrected chi connectivity index (χ4v) is 3.00. The number of carboxylic acids is 2. The molecule has 0 amide bonds. The highest BCUT2D eigenvalue weighted by atomic mass is 35.5. The number of hydrogen-bond donors (Lipinski definition) is 3. The molecule has 26 heavy (non-hydrogen) atoms. The van der Waals surface area contributed by atoms with E-state index in [0.29, 0.717) is 34.0 Å². The van der Waals surface area contributed by atoms with Gasteiger partial charge in [-0.15, -0.1) is 0 Å². The number of halogens is 2. The van der Waals surface area contributed by atoms with Gasteiger partial charge in [0.25, 0.3) is 0 Å². The Labute approximate surface area is 162 Å². The van der Waals surface area contributed by atoms with Gasteiger partial charge in [-0.05, 0) is 43.5 Å². The predicted octanol–water partition coefficient (Wildman–Crippen LogP) is 3.43. The van der Waals surface area contributed by atoms with Gasteiger partial charge in [-0.2, -0.15) is 0 Å². The Morgan fingerprint density at radius 1 is 1.23 bits per heavy atom. The first kappa shape index (κ1) is 22.4. The van der Waals surface area contributed by atoms with Crippen LogP contribution < -0.4 is 5.32 Å². The van der Waals surface area contributed by atoms with E-state index in [1.54, 1.807) is 0 Å². The van der Waals surface area contributed by atoms with E-state index in [4.69, 9.17) is 38.2 Å². The van der Waals surface area contributed by atoms with E-state index < -0.39 is 11.9 Å². The summed E-state index contributed by atoms with van der Waals surface area (Å²) in [6.07, 6.45) is 2.24. The van der Waals surface area contributed by atoms with Crippen LogP contribution >= 0.6 is 23.2 Å². The van der Waals surface area contributed by atoms with Crippen LogP contribution in [0.4, 0.5) is 0 Å². The SMILES string of the molecule is CCOCC1CNCCC1c1ccc(Cl)c(Cl)c1.O=C(O)C=CC(=O)O. The molecule has 1 heterocycles. The van der Waals surface area contributed by atoms with Crippen molar-refractivity contribution in [3.63, 3.8) is 0 Å². The molecule has 1 aliphatic rings. The van der Waals surface area contributed by atoms with Crippen molar-refractivity contribution in [1.29, 1.82) is 0 Å². The summed E-state index contributed by atoms with van der Waals surface area (Å²) in [5, 5.41) is 20.3. The number of carbonyl (C=O) groups is 2. The zero-order valence-corrected chi connectivity index (χ0v) is 16.0. The van der Waals surface area contributed by atoms with E-state index in [2.05, 4.69) is 11.4 Å². The molecule has 2 atom stereocenters. The molecular weight excluding hydrogens is 381 g/mol. The summed E-state index contributed by atoms with van der Waals surface area (Å²) in [6.45, 7) is 5.65. The lowest BCUT2D eigenvalue weighted by atomic mass is 9.81.